The molecule has 0 bridgehead atoms. The van der Waals surface area contributed by atoms with Crippen molar-refractivity contribution >= 4 is 11.8 Å². The van der Waals surface area contributed by atoms with Gasteiger partial charge in [0.1, 0.15) is 6.61 Å². The number of piperidine rings is 1. The molecule has 0 aromatic heterocycles. The molecule has 0 unspecified atom stereocenters. The van der Waals surface area contributed by atoms with Crippen LogP contribution in [0.3, 0.4) is 0 Å². The van der Waals surface area contributed by atoms with E-state index in [2.05, 4.69) is 4.90 Å². The average molecular weight is 316 g/mol. The smallest absolute Gasteiger partial charge is 0.448 e. The molecule has 0 spiro atoms. The van der Waals surface area contributed by atoms with Crippen LogP contribution in [0.5, 0.6) is 0 Å². The van der Waals surface area contributed by atoms with Gasteiger partial charge in [-0.05, 0) is 38.1 Å². The van der Waals surface area contributed by atoms with Gasteiger partial charge in [-0.15, -0.1) is 13.2 Å². The average Bonchev–Trinajstić information content (AvgIpc) is 2.48. The lowest BCUT2D eigenvalue weighted by atomic mass is 10.1. The first-order valence-electron chi connectivity index (χ1n) is 7.29. The number of benzene rings is 1. The molecule has 122 valence electrons. The van der Waals surface area contributed by atoms with Crippen LogP contribution in [0.15, 0.2) is 30.3 Å². The highest BCUT2D eigenvalue weighted by Gasteiger charge is 2.43. The molecule has 1 aromatic carbocycles. The molecule has 0 atom stereocenters. The van der Waals surface area contributed by atoms with E-state index in [-0.39, 0.29) is 17.2 Å². The number of rotatable bonds is 4. The summed E-state index contributed by atoms with van der Waals surface area (Å²) in [6.07, 6.45) is -2.88. The fraction of sp³-hybridized carbons (Fsp3) is 0.533. The van der Waals surface area contributed by atoms with Crippen molar-refractivity contribution in [2.75, 3.05) is 31.1 Å². The molecule has 2 rings (SSSR count). The molecular weight excluding hydrogens is 297 g/mol. The lowest BCUT2D eigenvalue weighted by molar-refractivity contribution is -0.125. The minimum atomic E-state index is -4.82. The van der Waals surface area contributed by atoms with Crippen molar-refractivity contribution in [2.45, 2.75) is 25.6 Å². The second kappa shape index (κ2) is 7.49. The topological polar surface area (TPSA) is 32.8 Å². The summed E-state index contributed by atoms with van der Waals surface area (Å²) in [5.74, 6) is 0. The Hall–Kier alpha value is -1.76. The van der Waals surface area contributed by atoms with Crippen LogP contribution >= 0.6 is 0 Å². The van der Waals surface area contributed by atoms with E-state index >= 15 is 0 Å². The summed E-state index contributed by atoms with van der Waals surface area (Å²) in [6.45, 7) is 2.23. The molecule has 1 heterocycles. The van der Waals surface area contributed by atoms with E-state index in [1.807, 2.05) is 0 Å². The van der Waals surface area contributed by atoms with Gasteiger partial charge in [-0.25, -0.2) is 4.79 Å². The van der Waals surface area contributed by atoms with Crippen molar-refractivity contribution < 1.29 is 22.7 Å². The lowest BCUT2D eigenvalue weighted by Gasteiger charge is -2.27. The predicted molar refractivity (Wildman–Crippen MR) is 76.6 cm³/mol. The molecule has 4 nitrogen and oxygen atoms in total. The molecule has 1 fully saturated rings. The van der Waals surface area contributed by atoms with Gasteiger partial charge in [0, 0.05) is 6.54 Å². The van der Waals surface area contributed by atoms with Crippen molar-refractivity contribution in [1.29, 1.82) is 0 Å². The zero-order chi connectivity index (χ0) is 16.0. The number of nitrogens with zero attached hydrogens (tertiary/aromatic N) is 2. The standard InChI is InChI=1S/C15H19F3N2O2/c16-15(17,18)20(13-7-3-1-4-8-13)14(21)22-12-11-19-9-5-2-6-10-19/h1,3-4,7-8H,2,5-6,9-12H2. The number of hydrogen-bond acceptors (Lipinski definition) is 3. The minimum Gasteiger partial charge on any atom is -0.448 e. The lowest BCUT2D eigenvalue weighted by Crippen LogP contribution is -2.44. The third-order valence-electron chi connectivity index (χ3n) is 3.53. The van der Waals surface area contributed by atoms with E-state index in [1.54, 1.807) is 6.07 Å². The highest BCUT2D eigenvalue weighted by Crippen LogP contribution is 2.29. The summed E-state index contributed by atoms with van der Waals surface area (Å²) in [5, 5.41) is 0. The Morgan fingerprint density at radius 2 is 1.77 bits per heavy atom. The van der Waals surface area contributed by atoms with Crippen molar-refractivity contribution in [2.24, 2.45) is 0 Å². The summed E-state index contributed by atoms with van der Waals surface area (Å²) in [6, 6.07) is 6.91. The van der Waals surface area contributed by atoms with Gasteiger partial charge in [-0.1, -0.05) is 24.6 Å². The SMILES string of the molecule is O=C(OCCN1CCCCC1)N(c1ccccc1)C(F)(F)F. The second-order valence-electron chi connectivity index (χ2n) is 5.16. The van der Waals surface area contributed by atoms with E-state index in [1.165, 1.54) is 30.7 Å². The monoisotopic (exact) mass is 316 g/mol. The van der Waals surface area contributed by atoms with Gasteiger partial charge < -0.3 is 4.74 Å². The molecule has 0 N–H and O–H groups in total. The van der Waals surface area contributed by atoms with Gasteiger partial charge in [0.25, 0.3) is 0 Å². The number of para-hydroxylation sites is 1. The Bertz CT molecular complexity index is 473. The summed E-state index contributed by atoms with van der Waals surface area (Å²) < 4.78 is 44.0. The van der Waals surface area contributed by atoms with Crippen LogP contribution in [0, 0.1) is 0 Å². The molecule has 0 radical (unpaired) electrons. The maximum absolute atomic E-state index is 13.1. The predicted octanol–water partition coefficient (Wildman–Crippen LogP) is 3.64. The normalized spacial score (nSPS) is 16.3. The van der Waals surface area contributed by atoms with Gasteiger partial charge in [-0.3, -0.25) is 4.90 Å². The van der Waals surface area contributed by atoms with Gasteiger partial charge in [0.2, 0.25) is 0 Å². The van der Waals surface area contributed by atoms with Crippen molar-refractivity contribution in [3.8, 4) is 0 Å². The van der Waals surface area contributed by atoms with Crippen molar-refractivity contribution in [1.82, 2.24) is 4.90 Å². The number of hydrogen-bond donors (Lipinski definition) is 0. The number of alkyl halides is 3. The summed E-state index contributed by atoms with van der Waals surface area (Å²) in [4.78, 5) is 13.6. The molecule has 1 aromatic rings. The maximum Gasteiger partial charge on any atom is 0.494 e. The first-order valence-corrected chi connectivity index (χ1v) is 7.29. The molecule has 1 aliphatic heterocycles. The highest BCUT2D eigenvalue weighted by molar-refractivity contribution is 5.88. The molecule has 7 heteroatoms. The van der Waals surface area contributed by atoms with E-state index in [9.17, 15) is 18.0 Å². The third-order valence-corrected chi connectivity index (χ3v) is 3.53. The zero-order valence-corrected chi connectivity index (χ0v) is 12.2. The van der Waals surface area contributed by atoms with Gasteiger partial charge in [0.15, 0.2) is 0 Å². The first kappa shape index (κ1) is 16.6. The van der Waals surface area contributed by atoms with E-state index < -0.39 is 12.4 Å². The van der Waals surface area contributed by atoms with Gasteiger partial charge in [-0.2, -0.15) is 4.90 Å². The third kappa shape index (κ3) is 4.62. The Balaban J connectivity index is 1.92. The van der Waals surface area contributed by atoms with E-state index in [0.717, 1.165) is 25.9 Å². The first-order chi connectivity index (χ1) is 10.5. The highest BCUT2D eigenvalue weighted by atomic mass is 19.4. The Morgan fingerprint density at radius 3 is 2.36 bits per heavy atom. The van der Waals surface area contributed by atoms with Crippen LogP contribution in [0.25, 0.3) is 0 Å². The Kier molecular flexibility index (Phi) is 5.65. The number of ether oxygens (including phenoxy) is 1. The van der Waals surface area contributed by atoms with Crippen molar-refractivity contribution in [3.05, 3.63) is 30.3 Å². The Morgan fingerprint density at radius 1 is 1.14 bits per heavy atom. The van der Waals surface area contributed by atoms with Crippen LogP contribution in [-0.4, -0.2) is 43.5 Å². The van der Waals surface area contributed by atoms with E-state index in [4.69, 9.17) is 4.74 Å². The molecule has 0 saturated carbocycles. The summed E-state index contributed by atoms with van der Waals surface area (Å²) >= 11 is 0. The number of amides is 1. The Labute approximate surface area is 127 Å². The number of carbonyl (C=O) groups is 1. The van der Waals surface area contributed by atoms with Crippen LogP contribution in [0.4, 0.5) is 23.7 Å². The fourth-order valence-corrected chi connectivity index (χ4v) is 2.44. The van der Waals surface area contributed by atoms with Crippen molar-refractivity contribution in [3.63, 3.8) is 0 Å². The molecule has 0 aliphatic carbocycles. The molecular formula is C15H19F3N2O2. The molecule has 1 saturated heterocycles. The van der Waals surface area contributed by atoms with Crippen LogP contribution in [0.2, 0.25) is 0 Å². The van der Waals surface area contributed by atoms with Crippen LogP contribution < -0.4 is 4.90 Å². The molecule has 1 aliphatic rings. The number of halogens is 3. The fourth-order valence-electron chi connectivity index (χ4n) is 2.44. The summed E-state index contributed by atoms with van der Waals surface area (Å²) in [7, 11) is 0. The van der Waals surface area contributed by atoms with Crippen LogP contribution in [0.1, 0.15) is 19.3 Å². The van der Waals surface area contributed by atoms with Gasteiger partial charge in [0.05, 0.1) is 5.69 Å². The maximum atomic E-state index is 13.1. The quantitative estimate of drug-likeness (QED) is 0.795. The van der Waals surface area contributed by atoms with E-state index in [0.29, 0.717) is 6.54 Å². The number of carbonyl (C=O) groups excluding carboxylic acids is 1. The molecule has 1 amide bonds. The molecule has 22 heavy (non-hydrogen) atoms. The minimum absolute atomic E-state index is 0.0434. The number of anilines is 1. The zero-order valence-electron chi connectivity index (χ0n) is 12.2. The van der Waals surface area contributed by atoms with Crippen LogP contribution in [-0.2, 0) is 4.74 Å². The largest absolute Gasteiger partial charge is 0.494 e. The second-order valence-corrected chi connectivity index (χ2v) is 5.16. The summed E-state index contributed by atoms with van der Waals surface area (Å²) in [5.41, 5.74) is -0.252. The number of likely N-dealkylation sites (tertiary alicyclic amines) is 1. The van der Waals surface area contributed by atoms with Gasteiger partial charge >= 0.3 is 12.4 Å².